The number of aliphatic hydroxyl groups excluding tert-OH is 3. The summed E-state index contributed by atoms with van der Waals surface area (Å²) in [5.41, 5.74) is 0. The van der Waals surface area contributed by atoms with Crippen molar-refractivity contribution in [3.8, 4) is 0 Å². The molecule has 1 unspecified atom stereocenters. The van der Waals surface area contributed by atoms with Gasteiger partial charge in [0, 0.05) is 6.42 Å². The molecule has 0 spiro atoms. The first-order chi connectivity index (χ1) is 12.0. The zero-order valence-corrected chi connectivity index (χ0v) is 15.0. The fourth-order valence-electron chi connectivity index (χ4n) is 2.10. The Bertz CT molecular complexity index is 451. The molecule has 0 aromatic heterocycles. The molecule has 4 N–H and O–H groups in total. The summed E-state index contributed by atoms with van der Waals surface area (Å²) in [6.45, 7) is 2.17. The lowest BCUT2D eigenvalue weighted by atomic mass is 10.1. The number of unbranched alkanes of at least 4 members (excludes halogenated alkanes) is 3. The van der Waals surface area contributed by atoms with E-state index in [1.165, 1.54) is 25.3 Å². The number of carboxylic acid groups (broad SMARTS) is 1. The molecule has 142 valence electrons. The molecular weight excluding hydrogens is 320 g/mol. The molecule has 5 heteroatoms. The minimum atomic E-state index is -1.09. The quantitative estimate of drug-likeness (QED) is 0.219. The summed E-state index contributed by atoms with van der Waals surface area (Å²) in [7, 11) is 0. The van der Waals surface area contributed by atoms with E-state index < -0.39 is 24.3 Å². The second kappa shape index (κ2) is 15.8. The second-order valence-electron chi connectivity index (χ2n) is 5.98. The van der Waals surface area contributed by atoms with Crippen LogP contribution in [-0.4, -0.2) is 44.7 Å². The van der Waals surface area contributed by atoms with Crippen molar-refractivity contribution in [3.05, 3.63) is 48.6 Å². The van der Waals surface area contributed by atoms with E-state index in [1.54, 1.807) is 30.4 Å². The molecule has 5 nitrogen and oxygen atoms in total. The van der Waals surface area contributed by atoms with Crippen molar-refractivity contribution in [2.75, 3.05) is 0 Å². The third-order valence-electron chi connectivity index (χ3n) is 3.44. The third kappa shape index (κ3) is 16.9. The van der Waals surface area contributed by atoms with Crippen LogP contribution >= 0.6 is 0 Å². The van der Waals surface area contributed by atoms with Crippen LogP contribution in [0.2, 0.25) is 0 Å². The summed E-state index contributed by atoms with van der Waals surface area (Å²) < 4.78 is 0. The summed E-state index contributed by atoms with van der Waals surface area (Å²) in [5.74, 6) is -1.09. The molecule has 25 heavy (non-hydrogen) atoms. The molecule has 0 saturated heterocycles. The minimum Gasteiger partial charge on any atom is -0.481 e. The third-order valence-corrected chi connectivity index (χ3v) is 3.44. The number of carbonyl (C=O) groups is 1. The molecule has 0 aromatic rings. The van der Waals surface area contributed by atoms with Crippen molar-refractivity contribution in [1.29, 1.82) is 0 Å². The highest BCUT2D eigenvalue weighted by Crippen LogP contribution is 2.04. The summed E-state index contributed by atoms with van der Waals surface area (Å²) in [6, 6.07) is 0. The van der Waals surface area contributed by atoms with Gasteiger partial charge in [-0.2, -0.15) is 0 Å². The van der Waals surface area contributed by atoms with Gasteiger partial charge in [0.1, 0.15) is 0 Å². The van der Waals surface area contributed by atoms with E-state index in [1.807, 2.05) is 6.08 Å². The average molecular weight is 352 g/mol. The van der Waals surface area contributed by atoms with Gasteiger partial charge in [-0.1, -0.05) is 68.4 Å². The summed E-state index contributed by atoms with van der Waals surface area (Å²) in [4.78, 5) is 10.4. The normalized spacial score (nSPS) is 16.3. The molecule has 0 rings (SSSR count). The van der Waals surface area contributed by atoms with E-state index >= 15 is 0 Å². The van der Waals surface area contributed by atoms with E-state index in [2.05, 4.69) is 13.0 Å². The van der Waals surface area contributed by atoms with Crippen LogP contribution in [0.25, 0.3) is 0 Å². The first kappa shape index (κ1) is 23.3. The van der Waals surface area contributed by atoms with Gasteiger partial charge in [0.2, 0.25) is 0 Å². The Morgan fingerprint density at radius 1 is 0.920 bits per heavy atom. The van der Waals surface area contributed by atoms with E-state index in [9.17, 15) is 20.1 Å². The van der Waals surface area contributed by atoms with E-state index in [0.717, 1.165) is 6.42 Å². The Morgan fingerprint density at radius 2 is 1.56 bits per heavy atom. The lowest BCUT2D eigenvalue weighted by molar-refractivity contribution is -0.139. The van der Waals surface area contributed by atoms with Gasteiger partial charge in [-0.25, -0.2) is 0 Å². The lowest BCUT2D eigenvalue weighted by Crippen LogP contribution is -2.19. The lowest BCUT2D eigenvalue weighted by Gasteiger charge is -2.10. The van der Waals surface area contributed by atoms with E-state index in [4.69, 9.17) is 5.11 Å². The maximum absolute atomic E-state index is 10.4. The highest BCUT2D eigenvalue weighted by Gasteiger charge is 2.12. The van der Waals surface area contributed by atoms with Crippen LogP contribution in [0.1, 0.15) is 51.9 Å². The number of hydrogen-bond donors (Lipinski definition) is 4. The fraction of sp³-hybridized carbons (Fsp3) is 0.550. The topological polar surface area (TPSA) is 98.0 Å². The largest absolute Gasteiger partial charge is 0.481 e. The SMILES string of the molecule is CCCCC/C=C\C[C@@H](O)/C=C/C=C/C=C\[C@@H](O)CC(O)CC(=O)O. The molecule has 0 aliphatic carbocycles. The first-order valence-electron chi connectivity index (χ1n) is 8.88. The zero-order chi connectivity index (χ0) is 18.9. The number of hydrogen-bond acceptors (Lipinski definition) is 4. The molecule has 0 aromatic carbocycles. The van der Waals surface area contributed by atoms with Gasteiger partial charge in [-0.3, -0.25) is 4.79 Å². The van der Waals surface area contributed by atoms with Crippen molar-refractivity contribution in [1.82, 2.24) is 0 Å². The van der Waals surface area contributed by atoms with Crippen LogP contribution in [0.3, 0.4) is 0 Å². The molecule has 0 heterocycles. The first-order valence-corrected chi connectivity index (χ1v) is 8.88. The number of rotatable bonds is 14. The Morgan fingerprint density at radius 3 is 2.16 bits per heavy atom. The molecule has 0 aliphatic heterocycles. The van der Waals surface area contributed by atoms with Crippen molar-refractivity contribution >= 4 is 5.97 Å². The molecule has 0 bridgehead atoms. The fourth-order valence-corrected chi connectivity index (χ4v) is 2.10. The van der Waals surface area contributed by atoms with Crippen molar-refractivity contribution < 1.29 is 25.2 Å². The van der Waals surface area contributed by atoms with Gasteiger partial charge < -0.3 is 20.4 Å². The zero-order valence-electron chi connectivity index (χ0n) is 15.0. The number of aliphatic hydroxyl groups is 3. The van der Waals surface area contributed by atoms with Gasteiger partial charge >= 0.3 is 5.97 Å². The monoisotopic (exact) mass is 352 g/mol. The summed E-state index contributed by atoms with van der Waals surface area (Å²) >= 11 is 0. The van der Waals surface area contributed by atoms with E-state index in [-0.39, 0.29) is 12.8 Å². The summed E-state index contributed by atoms with van der Waals surface area (Å²) in [5, 5.41) is 37.3. The second-order valence-corrected chi connectivity index (χ2v) is 5.98. The van der Waals surface area contributed by atoms with E-state index in [0.29, 0.717) is 6.42 Å². The Labute approximate surface area is 150 Å². The Hall–Kier alpha value is -1.69. The Balaban J connectivity index is 3.93. The average Bonchev–Trinajstić information content (AvgIpc) is 2.53. The predicted octanol–water partition coefficient (Wildman–Crippen LogP) is 3.13. The van der Waals surface area contributed by atoms with Crippen LogP contribution in [-0.2, 0) is 4.79 Å². The number of carboxylic acids is 1. The smallest absolute Gasteiger partial charge is 0.305 e. The van der Waals surface area contributed by atoms with Crippen LogP contribution < -0.4 is 0 Å². The highest BCUT2D eigenvalue weighted by atomic mass is 16.4. The number of aliphatic carboxylic acids is 1. The molecular formula is C20H32O5. The maximum Gasteiger partial charge on any atom is 0.305 e. The van der Waals surface area contributed by atoms with Crippen LogP contribution in [0, 0.1) is 0 Å². The maximum atomic E-state index is 10.4. The van der Waals surface area contributed by atoms with Gasteiger partial charge in [0.05, 0.1) is 24.7 Å². The summed E-state index contributed by atoms with van der Waals surface area (Å²) in [6.07, 6.45) is 16.4. The van der Waals surface area contributed by atoms with Crippen LogP contribution in [0.4, 0.5) is 0 Å². The minimum absolute atomic E-state index is 0.0181. The molecule has 0 amide bonds. The standard InChI is InChI=1S/C20H32O5/c1-2-3-4-5-6-9-12-17(21)13-10-7-8-11-14-18(22)15-19(23)16-20(24)25/h6-11,13-14,17-19,21-23H,2-5,12,15-16H2,1H3,(H,24,25)/b8-7+,9-6-,13-10+,14-11-/t17-,18-,19?/m1/s1. The highest BCUT2D eigenvalue weighted by molar-refractivity contribution is 5.67. The van der Waals surface area contributed by atoms with Gasteiger partial charge in [0.25, 0.3) is 0 Å². The van der Waals surface area contributed by atoms with Crippen LogP contribution in [0.5, 0.6) is 0 Å². The molecule has 0 saturated carbocycles. The van der Waals surface area contributed by atoms with Crippen molar-refractivity contribution in [2.24, 2.45) is 0 Å². The predicted molar refractivity (Wildman–Crippen MR) is 100 cm³/mol. The molecule has 3 atom stereocenters. The van der Waals surface area contributed by atoms with Gasteiger partial charge in [0.15, 0.2) is 0 Å². The molecule has 0 fully saturated rings. The van der Waals surface area contributed by atoms with Gasteiger partial charge in [-0.05, 0) is 19.3 Å². The molecule has 0 aliphatic rings. The number of allylic oxidation sites excluding steroid dienone is 5. The van der Waals surface area contributed by atoms with Gasteiger partial charge in [-0.15, -0.1) is 0 Å². The van der Waals surface area contributed by atoms with Crippen LogP contribution in [0.15, 0.2) is 48.6 Å². The van der Waals surface area contributed by atoms with Crippen molar-refractivity contribution in [3.63, 3.8) is 0 Å². The molecule has 0 radical (unpaired) electrons. The van der Waals surface area contributed by atoms with Crippen molar-refractivity contribution in [2.45, 2.75) is 70.2 Å². The Kier molecular flexibility index (Phi) is 14.7.